The Morgan fingerprint density at radius 3 is 2.68 bits per heavy atom. The van der Waals surface area contributed by atoms with E-state index in [4.69, 9.17) is 0 Å². The average Bonchev–Trinajstić information content (AvgIpc) is 2.43. The van der Waals surface area contributed by atoms with E-state index in [1.807, 2.05) is 18.2 Å². The molecule has 0 aliphatic rings. The molecule has 0 saturated carbocycles. The van der Waals surface area contributed by atoms with Gasteiger partial charge in [-0.2, -0.15) is 0 Å². The van der Waals surface area contributed by atoms with E-state index >= 15 is 0 Å². The molecule has 1 N–H and O–H groups in total. The first kappa shape index (κ1) is 13.8. The molecular weight excluding hydrogens is 302 g/mol. The second-order valence-corrected chi connectivity index (χ2v) is 5.24. The highest BCUT2D eigenvalue weighted by Crippen LogP contribution is 2.20. The highest BCUT2D eigenvalue weighted by atomic mass is 79.9. The molecule has 2 nitrogen and oxygen atoms in total. The standard InChI is InChI=1S/C16H16BrNO/c17-15-8-9-16(19)14(11-15)12-18-10-4-7-13-5-2-1-3-6-13/h1-3,5-6,8-9,11-12,19H,4,7,10H2. The summed E-state index contributed by atoms with van der Waals surface area (Å²) in [6, 6.07) is 15.7. The monoisotopic (exact) mass is 317 g/mol. The number of hydrogen-bond donors (Lipinski definition) is 1. The van der Waals surface area contributed by atoms with E-state index in [1.54, 1.807) is 12.3 Å². The van der Waals surface area contributed by atoms with Gasteiger partial charge in [-0.25, -0.2) is 0 Å². The number of phenols is 1. The van der Waals surface area contributed by atoms with Gasteiger partial charge in [0.25, 0.3) is 0 Å². The largest absolute Gasteiger partial charge is 0.507 e. The summed E-state index contributed by atoms with van der Waals surface area (Å²) in [5.41, 5.74) is 2.08. The molecule has 0 aliphatic carbocycles. The van der Waals surface area contributed by atoms with Gasteiger partial charge in [0.15, 0.2) is 0 Å². The number of halogens is 1. The van der Waals surface area contributed by atoms with Crippen LogP contribution in [0, 0.1) is 0 Å². The summed E-state index contributed by atoms with van der Waals surface area (Å²) >= 11 is 3.38. The Morgan fingerprint density at radius 2 is 1.89 bits per heavy atom. The number of rotatable bonds is 5. The minimum absolute atomic E-state index is 0.259. The Labute approximate surface area is 122 Å². The van der Waals surface area contributed by atoms with Crippen molar-refractivity contribution in [2.45, 2.75) is 12.8 Å². The van der Waals surface area contributed by atoms with Gasteiger partial charge in [0.2, 0.25) is 0 Å². The van der Waals surface area contributed by atoms with Crippen molar-refractivity contribution in [2.75, 3.05) is 6.54 Å². The van der Waals surface area contributed by atoms with E-state index in [9.17, 15) is 5.11 Å². The molecule has 0 fully saturated rings. The lowest BCUT2D eigenvalue weighted by Gasteiger charge is -2.00. The second kappa shape index (κ2) is 7.10. The molecule has 0 aliphatic heterocycles. The van der Waals surface area contributed by atoms with Gasteiger partial charge in [-0.1, -0.05) is 46.3 Å². The molecule has 3 heteroatoms. The molecule has 19 heavy (non-hydrogen) atoms. The maximum atomic E-state index is 9.66. The minimum atomic E-state index is 0.259. The summed E-state index contributed by atoms with van der Waals surface area (Å²) in [4.78, 5) is 4.35. The van der Waals surface area contributed by atoms with Gasteiger partial charge in [-0.3, -0.25) is 4.99 Å². The van der Waals surface area contributed by atoms with Crippen LogP contribution < -0.4 is 0 Å². The molecular formula is C16H16BrNO. The van der Waals surface area contributed by atoms with Crippen molar-refractivity contribution >= 4 is 22.1 Å². The zero-order valence-electron chi connectivity index (χ0n) is 10.6. The molecule has 2 rings (SSSR count). The third kappa shape index (κ3) is 4.52. The van der Waals surface area contributed by atoms with Crippen LogP contribution in [0.25, 0.3) is 0 Å². The quantitative estimate of drug-likeness (QED) is 0.650. The molecule has 2 aromatic rings. The van der Waals surface area contributed by atoms with E-state index in [2.05, 4.69) is 45.2 Å². The summed E-state index contributed by atoms with van der Waals surface area (Å²) < 4.78 is 0.941. The maximum Gasteiger partial charge on any atom is 0.124 e. The molecule has 0 spiro atoms. The van der Waals surface area contributed by atoms with Crippen LogP contribution in [0.15, 0.2) is 58.0 Å². The number of benzene rings is 2. The van der Waals surface area contributed by atoms with Crippen molar-refractivity contribution < 1.29 is 5.11 Å². The molecule has 98 valence electrons. The van der Waals surface area contributed by atoms with Gasteiger partial charge in [0, 0.05) is 22.8 Å². The third-order valence-electron chi connectivity index (χ3n) is 2.82. The molecule has 0 unspecified atom stereocenters. The fourth-order valence-corrected chi connectivity index (χ4v) is 2.19. The molecule has 0 amide bonds. The lowest BCUT2D eigenvalue weighted by atomic mass is 10.1. The molecule has 0 heterocycles. The van der Waals surface area contributed by atoms with Gasteiger partial charge < -0.3 is 5.11 Å². The highest BCUT2D eigenvalue weighted by Gasteiger charge is 1.98. The normalized spacial score (nSPS) is 11.0. The molecule has 0 atom stereocenters. The van der Waals surface area contributed by atoms with Crippen LogP contribution in [-0.4, -0.2) is 17.9 Å². The summed E-state index contributed by atoms with van der Waals surface area (Å²) in [6.45, 7) is 0.765. The summed E-state index contributed by atoms with van der Waals surface area (Å²) in [5.74, 6) is 0.259. The number of nitrogens with zero attached hydrogens (tertiary/aromatic N) is 1. The van der Waals surface area contributed by atoms with E-state index in [1.165, 1.54) is 5.56 Å². The fourth-order valence-electron chi connectivity index (χ4n) is 1.81. The van der Waals surface area contributed by atoms with Crippen molar-refractivity contribution in [3.8, 4) is 5.75 Å². The van der Waals surface area contributed by atoms with E-state index < -0.39 is 0 Å². The predicted molar refractivity (Wildman–Crippen MR) is 83.0 cm³/mol. The maximum absolute atomic E-state index is 9.66. The third-order valence-corrected chi connectivity index (χ3v) is 3.31. The summed E-state index contributed by atoms with van der Waals surface area (Å²) in [6.07, 6.45) is 3.77. The second-order valence-electron chi connectivity index (χ2n) is 4.33. The lowest BCUT2D eigenvalue weighted by molar-refractivity contribution is 0.474. The number of aliphatic imine (C=N–C) groups is 1. The van der Waals surface area contributed by atoms with Crippen LogP contribution in [0.2, 0.25) is 0 Å². The van der Waals surface area contributed by atoms with E-state index in [0.29, 0.717) is 0 Å². The van der Waals surface area contributed by atoms with Gasteiger partial charge in [0.1, 0.15) is 5.75 Å². The predicted octanol–water partition coefficient (Wildman–Crippen LogP) is 4.21. The molecule has 2 aromatic carbocycles. The number of aromatic hydroxyl groups is 1. The first-order valence-corrected chi connectivity index (χ1v) is 7.07. The number of hydrogen-bond acceptors (Lipinski definition) is 2. The van der Waals surface area contributed by atoms with E-state index in [-0.39, 0.29) is 5.75 Å². The zero-order chi connectivity index (χ0) is 13.5. The Morgan fingerprint density at radius 1 is 1.11 bits per heavy atom. The van der Waals surface area contributed by atoms with Crippen molar-refractivity contribution in [3.05, 3.63) is 64.1 Å². The highest BCUT2D eigenvalue weighted by molar-refractivity contribution is 9.10. The molecule has 0 radical (unpaired) electrons. The Hall–Kier alpha value is -1.61. The van der Waals surface area contributed by atoms with Crippen molar-refractivity contribution in [2.24, 2.45) is 4.99 Å². The van der Waals surface area contributed by atoms with Gasteiger partial charge >= 0.3 is 0 Å². The first-order valence-electron chi connectivity index (χ1n) is 6.28. The summed E-state index contributed by atoms with van der Waals surface area (Å²) in [5, 5.41) is 9.66. The first-order chi connectivity index (χ1) is 9.25. The van der Waals surface area contributed by atoms with Crippen LogP contribution in [0.5, 0.6) is 5.75 Å². The Balaban J connectivity index is 1.82. The van der Waals surface area contributed by atoms with Crippen molar-refractivity contribution in [3.63, 3.8) is 0 Å². The summed E-state index contributed by atoms with van der Waals surface area (Å²) in [7, 11) is 0. The van der Waals surface area contributed by atoms with Crippen LogP contribution in [-0.2, 0) is 6.42 Å². The van der Waals surface area contributed by atoms with Gasteiger partial charge in [0.05, 0.1) is 0 Å². The average molecular weight is 318 g/mol. The van der Waals surface area contributed by atoms with Gasteiger partial charge in [-0.15, -0.1) is 0 Å². The van der Waals surface area contributed by atoms with Crippen molar-refractivity contribution in [1.82, 2.24) is 0 Å². The van der Waals surface area contributed by atoms with Crippen LogP contribution >= 0.6 is 15.9 Å². The van der Waals surface area contributed by atoms with Crippen LogP contribution in [0.3, 0.4) is 0 Å². The topological polar surface area (TPSA) is 32.6 Å². The SMILES string of the molecule is Oc1ccc(Br)cc1C=NCCCc1ccccc1. The molecule has 0 saturated heterocycles. The van der Waals surface area contributed by atoms with Crippen molar-refractivity contribution in [1.29, 1.82) is 0 Å². The minimum Gasteiger partial charge on any atom is -0.507 e. The molecule has 0 bridgehead atoms. The van der Waals surface area contributed by atoms with E-state index in [0.717, 1.165) is 29.4 Å². The lowest BCUT2D eigenvalue weighted by Crippen LogP contribution is -1.90. The molecule has 0 aromatic heterocycles. The Kier molecular flexibility index (Phi) is 5.16. The van der Waals surface area contributed by atoms with Gasteiger partial charge in [-0.05, 0) is 36.6 Å². The number of aryl methyl sites for hydroxylation is 1. The number of phenolic OH excluding ortho intramolecular Hbond substituents is 1. The van der Waals surface area contributed by atoms with Crippen LogP contribution in [0.1, 0.15) is 17.5 Å². The Bertz CT molecular complexity index is 552. The zero-order valence-corrected chi connectivity index (χ0v) is 12.2. The smallest absolute Gasteiger partial charge is 0.124 e. The van der Waals surface area contributed by atoms with Crippen LogP contribution in [0.4, 0.5) is 0 Å². The fraction of sp³-hybridized carbons (Fsp3) is 0.188.